The zero-order chi connectivity index (χ0) is 42.7. The molecule has 21 atom stereocenters. The van der Waals surface area contributed by atoms with Crippen LogP contribution in [-0.4, -0.2) is 162 Å². The SMILES string of the molecule is CC1(C)CC2C3=CCC4C5(C)CC(O)C(O)C(C)(CO)C5CCC4(C)C3(C)CCC2(C(=O)O)CC1OC1OC(CO)C(O)C(O)C1OC1OC(CO)C(O)C(O)C1O. The second kappa shape index (κ2) is 15.2. The van der Waals surface area contributed by atoms with E-state index in [9.17, 15) is 61.0 Å². The van der Waals surface area contributed by atoms with Crippen LogP contribution in [-0.2, 0) is 23.7 Å². The molecule has 7 rings (SSSR count). The first-order valence-corrected chi connectivity index (χ1v) is 21.2. The predicted molar refractivity (Wildman–Crippen MR) is 202 cm³/mol. The lowest BCUT2D eigenvalue weighted by molar-refractivity contribution is -0.377. The standard InChI is InChI=1S/C42H68O16/c1-37(2)13-20-19-7-8-25-38(3)14-21(46)33(52)39(4,18-45)24(38)9-10-41(25,6)40(19,5)11-12-42(20,36(53)54)15-26(37)57-35-32(30(50)28(48)23(17-44)56-35)58-34-31(51)29(49)27(47)22(16-43)55-34/h7,20-35,43-52H,8-18H2,1-6H3,(H,53,54). The minimum Gasteiger partial charge on any atom is -0.481 e. The number of aliphatic carboxylic acids is 1. The van der Waals surface area contributed by atoms with Crippen molar-refractivity contribution < 1.29 is 79.9 Å². The summed E-state index contributed by atoms with van der Waals surface area (Å²) in [6.07, 6.45) is -12.8. The molecule has 16 heteroatoms. The van der Waals surface area contributed by atoms with Gasteiger partial charge in [-0.25, -0.2) is 0 Å². The van der Waals surface area contributed by atoms with E-state index in [1.165, 1.54) is 0 Å². The van der Waals surface area contributed by atoms with Crippen molar-refractivity contribution in [2.24, 2.45) is 50.2 Å². The average Bonchev–Trinajstić information content (AvgIpc) is 3.17. The fraction of sp³-hybridized carbons (Fsp3) is 0.929. The third kappa shape index (κ3) is 6.33. The van der Waals surface area contributed by atoms with Crippen molar-refractivity contribution in [1.82, 2.24) is 0 Å². The van der Waals surface area contributed by atoms with Gasteiger partial charge in [-0.1, -0.05) is 53.2 Å². The van der Waals surface area contributed by atoms with Gasteiger partial charge in [-0.3, -0.25) is 4.79 Å². The molecule has 16 nitrogen and oxygen atoms in total. The first kappa shape index (κ1) is 44.7. The molecule has 0 aromatic carbocycles. The highest BCUT2D eigenvalue weighted by Crippen LogP contribution is 2.76. The van der Waals surface area contributed by atoms with Gasteiger partial charge in [-0.15, -0.1) is 0 Å². The van der Waals surface area contributed by atoms with E-state index in [1.54, 1.807) is 0 Å². The molecule has 2 heterocycles. The molecule has 2 aliphatic heterocycles. The highest BCUT2D eigenvalue weighted by molar-refractivity contribution is 5.77. The van der Waals surface area contributed by atoms with Crippen molar-refractivity contribution in [3.05, 3.63) is 11.6 Å². The summed E-state index contributed by atoms with van der Waals surface area (Å²) in [5, 5.41) is 118. The van der Waals surface area contributed by atoms with Crippen LogP contribution in [0.2, 0.25) is 0 Å². The fourth-order valence-electron chi connectivity index (χ4n) is 13.8. The van der Waals surface area contributed by atoms with Gasteiger partial charge in [0.2, 0.25) is 0 Å². The summed E-state index contributed by atoms with van der Waals surface area (Å²) in [7, 11) is 0. The molecule has 4 saturated carbocycles. The Morgan fingerprint density at radius 2 is 1.36 bits per heavy atom. The molecule has 2 saturated heterocycles. The van der Waals surface area contributed by atoms with Gasteiger partial charge in [0.15, 0.2) is 12.6 Å². The summed E-state index contributed by atoms with van der Waals surface area (Å²) in [4.78, 5) is 13.8. The Bertz CT molecular complexity index is 1570. The Balaban J connectivity index is 1.19. The molecule has 6 fully saturated rings. The lowest BCUT2D eigenvalue weighted by Gasteiger charge is -2.71. The maximum atomic E-state index is 13.8. The highest BCUT2D eigenvalue weighted by Gasteiger charge is 2.71. The molecule has 11 N–H and O–H groups in total. The van der Waals surface area contributed by atoms with E-state index in [2.05, 4.69) is 26.8 Å². The third-order valence-electron chi connectivity index (χ3n) is 17.6. The molecule has 0 radical (unpaired) electrons. The summed E-state index contributed by atoms with van der Waals surface area (Å²) >= 11 is 0. The monoisotopic (exact) mass is 828 g/mol. The topological polar surface area (TPSA) is 277 Å². The molecule has 58 heavy (non-hydrogen) atoms. The Morgan fingerprint density at radius 1 is 0.741 bits per heavy atom. The van der Waals surface area contributed by atoms with Gasteiger partial charge in [0.05, 0.1) is 43.5 Å². The van der Waals surface area contributed by atoms with E-state index in [0.717, 1.165) is 18.4 Å². The van der Waals surface area contributed by atoms with E-state index >= 15 is 0 Å². The number of aliphatic hydroxyl groups excluding tert-OH is 10. The van der Waals surface area contributed by atoms with Gasteiger partial charge in [0.1, 0.15) is 48.8 Å². The van der Waals surface area contributed by atoms with E-state index in [0.29, 0.717) is 32.1 Å². The molecule has 0 aromatic heterocycles. The number of fused-ring (bicyclic) bond motifs is 7. The normalized spacial score (nSPS) is 55.3. The van der Waals surface area contributed by atoms with Crippen LogP contribution in [0.3, 0.4) is 0 Å². The number of carboxylic acid groups (broad SMARTS) is 1. The fourth-order valence-corrected chi connectivity index (χ4v) is 13.8. The maximum Gasteiger partial charge on any atom is 0.310 e. The lowest BCUT2D eigenvalue weighted by Crippen LogP contribution is -2.68. The summed E-state index contributed by atoms with van der Waals surface area (Å²) in [6, 6.07) is 0. The van der Waals surface area contributed by atoms with Crippen LogP contribution < -0.4 is 0 Å². The van der Waals surface area contributed by atoms with Crippen molar-refractivity contribution in [1.29, 1.82) is 0 Å². The lowest BCUT2D eigenvalue weighted by atomic mass is 9.33. The van der Waals surface area contributed by atoms with Gasteiger partial charge >= 0.3 is 5.97 Å². The minimum absolute atomic E-state index is 0.0196. The smallest absolute Gasteiger partial charge is 0.310 e. The summed E-state index contributed by atoms with van der Waals surface area (Å²) < 4.78 is 24.1. The van der Waals surface area contributed by atoms with Crippen molar-refractivity contribution in [2.75, 3.05) is 19.8 Å². The van der Waals surface area contributed by atoms with Gasteiger partial charge < -0.3 is 75.1 Å². The molecule has 21 unspecified atom stereocenters. The Labute approximate surface area is 339 Å². The van der Waals surface area contributed by atoms with Crippen LogP contribution in [0.4, 0.5) is 0 Å². The number of rotatable bonds is 8. The molecular weight excluding hydrogens is 760 g/mol. The van der Waals surface area contributed by atoms with E-state index in [1.807, 2.05) is 20.8 Å². The first-order valence-electron chi connectivity index (χ1n) is 21.2. The number of hydrogen-bond donors (Lipinski definition) is 11. The molecule has 5 aliphatic carbocycles. The molecule has 0 amide bonds. The molecule has 0 aromatic rings. The van der Waals surface area contributed by atoms with Crippen LogP contribution in [0, 0.1) is 50.2 Å². The molecular formula is C42H68O16. The van der Waals surface area contributed by atoms with Crippen LogP contribution in [0.1, 0.15) is 92.9 Å². The number of carbonyl (C=O) groups is 1. The van der Waals surface area contributed by atoms with Crippen LogP contribution >= 0.6 is 0 Å². The van der Waals surface area contributed by atoms with Gasteiger partial charge in [-0.05, 0) is 90.8 Å². The van der Waals surface area contributed by atoms with Crippen molar-refractivity contribution >= 4 is 5.97 Å². The summed E-state index contributed by atoms with van der Waals surface area (Å²) in [5.41, 5.74) is -2.76. The molecule has 7 aliphatic rings. The Kier molecular flexibility index (Phi) is 11.7. The van der Waals surface area contributed by atoms with Crippen molar-refractivity contribution in [3.63, 3.8) is 0 Å². The van der Waals surface area contributed by atoms with Gasteiger partial charge in [-0.2, -0.15) is 0 Å². The van der Waals surface area contributed by atoms with Crippen LogP contribution in [0.5, 0.6) is 0 Å². The zero-order valence-electron chi connectivity index (χ0n) is 34.6. The number of hydrogen-bond acceptors (Lipinski definition) is 15. The van der Waals surface area contributed by atoms with Crippen molar-refractivity contribution in [2.45, 2.75) is 173 Å². The number of ether oxygens (including phenoxy) is 4. The van der Waals surface area contributed by atoms with Gasteiger partial charge in [0, 0.05) is 5.41 Å². The number of carboxylic acids is 1. The summed E-state index contributed by atoms with van der Waals surface area (Å²) in [6.45, 7) is 11.0. The second-order valence-electron chi connectivity index (χ2n) is 20.7. The quantitative estimate of drug-likeness (QED) is 0.112. The molecule has 332 valence electrons. The second-order valence-corrected chi connectivity index (χ2v) is 20.7. The summed E-state index contributed by atoms with van der Waals surface area (Å²) in [5.74, 6) is -1.24. The third-order valence-corrected chi connectivity index (χ3v) is 17.6. The Morgan fingerprint density at radius 3 is 1.97 bits per heavy atom. The molecule has 0 spiro atoms. The van der Waals surface area contributed by atoms with Gasteiger partial charge in [0.25, 0.3) is 0 Å². The van der Waals surface area contributed by atoms with E-state index in [4.69, 9.17) is 18.9 Å². The van der Waals surface area contributed by atoms with Crippen molar-refractivity contribution in [3.8, 4) is 0 Å². The predicted octanol–water partition coefficient (Wildman–Crippen LogP) is -0.204. The van der Waals surface area contributed by atoms with E-state index < -0.39 is 115 Å². The Hall–Kier alpha value is -1.35. The minimum atomic E-state index is -1.84. The number of aliphatic hydroxyl groups is 10. The maximum absolute atomic E-state index is 13.8. The van der Waals surface area contributed by atoms with Crippen LogP contribution in [0.25, 0.3) is 0 Å². The largest absolute Gasteiger partial charge is 0.481 e. The van der Waals surface area contributed by atoms with E-state index in [-0.39, 0.29) is 47.0 Å². The first-order chi connectivity index (χ1) is 27.0. The highest BCUT2D eigenvalue weighted by atomic mass is 16.8. The molecule has 0 bridgehead atoms. The van der Waals surface area contributed by atoms with Crippen LogP contribution in [0.15, 0.2) is 11.6 Å². The number of allylic oxidation sites excluding steroid dienone is 2. The zero-order valence-corrected chi connectivity index (χ0v) is 34.6. The average molecular weight is 829 g/mol.